The predicted molar refractivity (Wildman–Crippen MR) is 76.3 cm³/mol. The number of aliphatic imine (C=N–C) groups is 1. The fourth-order valence-electron chi connectivity index (χ4n) is 2.33. The van der Waals surface area contributed by atoms with Gasteiger partial charge in [-0.1, -0.05) is 26.0 Å². The molecule has 0 aromatic heterocycles. The summed E-state index contributed by atoms with van der Waals surface area (Å²) in [6.45, 7) is 4.18. The fourth-order valence-corrected chi connectivity index (χ4v) is 2.33. The first-order chi connectivity index (χ1) is 9.37. The Morgan fingerprint density at radius 2 is 2.15 bits per heavy atom. The van der Waals surface area contributed by atoms with Gasteiger partial charge in [0.25, 0.3) is 0 Å². The van der Waals surface area contributed by atoms with Gasteiger partial charge in [0.1, 0.15) is 11.6 Å². The molecule has 0 aliphatic heterocycles. The van der Waals surface area contributed by atoms with Gasteiger partial charge in [-0.05, 0) is 23.1 Å². The average molecular weight is 275 g/mol. The normalized spacial score (nSPS) is 18.9. The van der Waals surface area contributed by atoms with Gasteiger partial charge in [0.15, 0.2) is 5.78 Å². The molecule has 0 radical (unpaired) electrons. The number of rotatable bonds is 3. The zero-order chi connectivity index (χ0) is 14.8. The molecule has 0 atom stereocenters. The van der Waals surface area contributed by atoms with Crippen molar-refractivity contribution in [3.63, 3.8) is 0 Å². The maximum absolute atomic E-state index is 13.0. The third-order valence-corrected chi connectivity index (χ3v) is 3.28. The van der Waals surface area contributed by atoms with Gasteiger partial charge < -0.3 is 5.11 Å². The molecule has 20 heavy (non-hydrogen) atoms. The number of aliphatic hydroxyl groups excluding tert-OH is 1. The van der Waals surface area contributed by atoms with Crippen molar-refractivity contribution in [3.05, 3.63) is 47.0 Å². The van der Waals surface area contributed by atoms with E-state index in [1.807, 2.05) is 13.8 Å². The Morgan fingerprint density at radius 1 is 1.40 bits per heavy atom. The summed E-state index contributed by atoms with van der Waals surface area (Å²) in [5.41, 5.74) is 0.798. The van der Waals surface area contributed by atoms with Crippen LogP contribution in [0.15, 0.2) is 40.6 Å². The summed E-state index contributed by atoms with van der Waals surface area (Å²) in [5.74, 6) is -0.314. The van der Waals surface area contributed by atoms with E-state index in [1.165, 1.54) is 18.3 Å². The second-order valence-corrected chi connectivity index (χ2v) is 5.90. The van der Waals surface area contributed by atoms with Crippen molar-refractivity contribution in [2.45, 2.75) is 33.2 Å². The van der Waals surface area contributed by atoms with E-state index in [9.17, 15) is 14.3 Å². The lowest BCUT2D eigenvalue weighted by atomic mass is 9.77. The molecule has 0 bridgehead atoms. The lowest BCUT2D eigenvalue weighted by molar-refractivity contribution is -0.117. The number of allylic oxidation sites excluding steroid dienone is 2. The Labute approximate surface area is 117 Å². The topological polar surface area (TPSA) is 49.7 Å². The van der Waals surface area contributed by atoms with Gasteiger partial charge in [0.05, 0.1) is 12.1 Å². The molecule has 1 aliphatic carbocycles. The van der Waals surface area contributed by atoms with Crippen LogP contribution in [0.2, 0.25) is 0 Å². The van der Waals surface area contributed by atoms with Gasteiger partial charge in [-0.2, -0.15) is 0 Å². The molecule has 0 saturated carbocycles. The number of aliphatic hydroxyl groups is 1. The molecule has 1 aromatic rings. The highest BCUT2D eigenvalue weighted by molar-refractivity contribution is 6.14. The molecule has 0 heterocycles. The zero-order valence-electron chi connectivity index (χ0n) is 11.7. The van der Waals surface area contributed by atoms with Crippen molar-refractivity contribution in [1.82, 2.24) is 0 Å². The molecule has 4 heteroatoms. The van der Waals surface area contributed by atoms with Crippen LogP contribution >= 0.6 is 0 Å². The van der Waals surface area contributed by atoms with Crippen molar-refractivity contribution in [2.24, 2.45) is 10.4 Å². The molecular formula is C16H18FNO2. The number of halogens is 1. The number of hydrogen-bond acceptors (Lipinski definition) is 3. The monoisotopic (exact) mass is 275 g/mol. The highest BCUT2D eigenvalue weighted by Gasteiger charge is 2.32. The molecular weight excluding hydrogens is 257 g/mol. The number of Topliss-reactive ketones (excluding diaryl/α,β-unsaturated/α-hetero) is 1. The molecule has 0 amide bonds. The standard InChI is InChI=1S/C16H18FNO2/c1-16(2)7-14(19)13(15(20)8-16)10-18-9-11-4-3-5-12(17)6-11/h3-6,10,19H,7-9H2,1-2H3. The van der Waals surface area contributed by atoms with Crippen molar-refractivity contribution in [3.8, 4) is 0 Å². The van der Waals surface area contributed by atoms with Crippen LogP contribution in [0.3, 0.4) is 0 Å². The maximum Gasteiger partial charge on any atom is 0.168 e. The SMILES string of the molecule is CC1(C)CC(=O)C(C=NCc2cccc(F)c2)=C(O)C1. The summed E-state index contributed by atoms with van der Waals surface area (Å²) in [6, 6.07) is 6.15. The lowest BCUT2D eigenvalue weighted by Gasteiger charge is -2.28. The summed E-state index contributed by atoms with van der Waals surface area (Å²) in [7, 11) is 0. The number of carbonyl (C=O) groups is 1. The quantitative estimate of drug-likeness (QED) is 0.857. The van der Waals surface area contributed by atoms with Crippen LogP contribution in [-0.4, -0.2) is 17.1 Å². The van der Waals surface area contributed by atoms with Crippen LogP contribution in [0.25, 0.3) is 0 Å². The van der Waals surface area contributed by atoms with Crippen molar-refractivity contribution in [2.75, 3.05) is 0 Å². The van der Waals surface area contributed by atoms with Crippen LogP contribution in [0, 0.1) is 11.2 Å². The van der Waals surface area contributed by atoms with Gasteiger partial charge in [0, 0.05) is 19.1 Å². The van der Waals surface area contributed by atoms with E-state index in [4.69, 9.17) is 0 Å². The van der Waals surface area contributed by atoms with Gasteiger partial charge >= 0.3 is 0 Å². The second-order valence-electron chi connectivity index (χ2n) is 5.90. The van der Waals surface area contributed by atoms with Crippen molar-refractivity contribution in [1.29, 1.82) is 0 Å². The minimum Gasteiger partial charge on any atom is -0.511 e. The first-order valence-corrected chi connectivity index (χ1v) is 6.57. The first-order valence-electron chi connectivity index (χ1n) is 6.57. The molecule has 106 valence electrons. The highest BCUT2D eigenvalue weighted by atomic mass is 19.1. The molecule has 3 nitrogen and oxygen atoms in total. The first kappa shape index (κ1) is 14.4. The van der Waals surface area contributed by atoms with E-state index in [0.717, 1.165) is 5.56 Å². The van der Waals surface area contributed by atoms with E-state index >= 15 is 0 Å². The number of carbonyl (C=O) groups excluding carboxylic acids is 1. The van der Waals surface area contributed by atoms with Crippen LogP contribution in [0.5, 0.6) is 0 Å². The predicted octanol–water partition coefficient (Wildman–Crippen LogP) is 3.60. The second kappa shape index (κ2) is 5.57. The van der Waals surface area contributed by atoms with Gasteiger partial charge in [-0.3, -0.25) is 9.79 Å². The summed E-state index contributed by atoms with van der Waals surface area (Å²) in [5, 5.41) is 9.92. The summed E-state index contributed by atoms with van der Waals surface area (Å²) < 4.78 is 13.0. The van der Waals surface area contributed by atoms with Crippen LogP contribution in [-0.2, 0) is 11.3 Å². The minimum atomic E-state index is -0.310. The number of nitrogens with zero attached hydrogens (tertiary/aromatic N) is 1. The highest BCUT2D eigenvalue weighted by Crippen LogP contribution is 2.35. The maximum atomic E-state index is 13.0. The summed E-state index contributed by atoms with van der Waals surface area (Å²) >= 11 is 0. The van der Waals surface area contributed by atoms with Gasteiger partial charge in [-0.15, -0.1) is 0 Å². The largest absolute Gasteiger partial charge is 0.511 e. The Bertz CT molecular complexity index is 588. The van der Waals surface area contributed by atoms with Gasteiger partial charge in [0.2, 0.25) is 0 Å². The van der Waals surface area contributed by atoms with E-state index in [1.54, 1.807) is 12.1 Å². The number of benzene rings is 1. The van der Waals surface area contributed by atoms with Crippen LogP contribution in [0.1, 0.15) is 32.3 Å². The molecule has 0 saturated heterocycles. The Morgan fingerprint density at radius 3 is 2.80 bits per heavy atom. The summed E-state index contributed by atoms with van der Waals surface area (Å²) in [6.07, 6.45) is 2.27. The Kier molecular flexibility index (Phi) is 4.02. The lowest BCUT2D eigenvalue weighted by Crippen LogP contribution is -2.26. The smallest absolute Gasteiger partial charge is 0.168 e. The number of hydrogen-bond donors (Lipinski definition) is 1. The van der Waals surface area contributed by atoms with Crippen molar-refractivity contribution < 1.29 is 14.3 Å². The average Bonchev–Trinajstić information content (AvgIpc) is 2.31. The Balaban J connectivity index is 2.09. The molecule has 1 N–H and O–H groups in total. The number of ketones is 1. The molecule has 1 aliphatic rings. The van der Waals surface area contributed by atoms with Crippen LogP contribution in [0.4, 0.5) is 4.39 Å². The van der Waals surface area contributed by atoms with Gasteiger partial charge in [-0.25, -0.2) is 4.39 Å². The molecule has 0 spiro atoms. The Hall–Kier alpha value is -1.97. The third kappa shape index (κ3) is 3.53. The fraction of sp³-hybridized carbons (Fsp3) is 0.375. The molecule has 0 unspecified atom stereocenters. The van der Waals surface area contributed by atoms with Crippen molar-refractivity contribution >= 4 is 12.0 Å². The van der Waals surface area contributed by atoms with E-state index < -0.39 is 0 Å². The summed E-state index contributed by atoms with van der Waals surface area (Å²) in [4.78, 5) is 16.1. The van der Waals surface area contributed by atoms with Crippen LogP contribution < -0.4 is 0 Å². The zero-order valence-corrected chi connectivity index (χ0v) is 11.7. The minimum absolute atomic E-state index is 0.0919. The van der Waals surface area contributed by atoms with E-state index in [2.05, 4.69) is 4.99 Å². The van der Waals surface area contributed by atoms with E-state index in [0.29, 0.717) is 12.8 Å². The molecule has 1 aromatic carbocycles. The van der Waals surface area contributed by atoms with E-state index in [-0.39, 0.29) is 34.9 Å². The molecule has 2 rings (SSSR count). The molecule has 0 fully saturated rings. The third-order valence-electron chi connectivity index (χ3n) is 3.28.